The minimum absolute atomic E-state index is 0.0241. The first-order valence-corrected chi connectivity index (χ1v) is 11.3. The largest absolute Gasteiger partial charge is 0.479 e. The van der Waals surface area contributed by atoms with Crippen LogP contribution in [0.25, 0.3) is 11.1 Å². The molecule has 4 rings (SSSR count). The third-order valence-electron chi connectivity index (χ3n) is 5.80. The van der Waals surface area contributed by atoms with Crippen LogP contribution in [0.15, 0.2) is 66.7 Å². The van der Waals surface area contributed by atoms with Crippen LogP contribution in [0.2, 0.25) is 5.02 Å². The molecule has 9 heteroatoms. The highest BCUT2D eigenvalue weighted by Gasteiger charge is 2.29. The molecule has 0 aromatic heterocycles. The number of anilines is 1. The molecular weight excluding hydrogens is 472 g/mol. The second-order valence-corrected chi connectivity index (χ2v) is 8.45. The summed E-state index contributed by atoms with van der Waals surface area (Å²) in [5, 5.41) is 23.2. The lowest BCUT2D eigenvalue weighted by atomic mass is 9.98. The topological polar surface area (TPSA) is 125 Å². The van der Waals surface area contributed by atoms with Crippen LogP contribution < -0.4 is 10.6 Å². The van der Waals surface area contributed by atoms with Crippen molar-refractivity contribution < 1.29 is 29.3 Å². The number of amides is 2. The van der Waals surface area contributed by atoms with Gasteiger partial charge in [-0.25, -0.2) is 9.59 Å². The molecule has 8 nitrogen and oxygen atoms in total. The van der Waals surface area contributed by atoms with Crippen LogP contribution in [0.4, 0.5) is 10.5 Å². The van der Waals surface area contributed by atoms with Crippen molar-refractivity contribution in [2.45, 2.75) is 18.4 Å². The molecule has 0 saturated carbocycles. The zero-order valence-corrected chi connectivity index (χ0v) is 19.3. The molecule has 4 N–H and O–H groups in total. The lowest BCUT2D eigenvalue weighted by Crippen LogP contribution is -2.30. The third-order valence-corrected chi connectivity index (χ3v) is 6.11. The Morgan fingerprint density at radius 3 is 2.20 bits per heavy atom. The van der Waals surface area contributed by atoms with Crippen molar-refractivity contribution in [2.24, 2.45) is 0 Å². The number of halogens is 1. The van der Waals surface area contributed by atoms with Gasteiger partial charge in [-0.1, -0.05) is 60.1 Å². The minimum atomic E-state index is -1.55. The number of aliphatic hydroxyl groups is 1. The Hall–Kier alpha value is -3.88. The van der Waals surface area contributed by atoms with Crippen molar-refractivity contribution in [1.82, 2.24) is 5.32 Å². The Kier molecular flexibility index (Phi) is 7.33. The predicted molar refractivity (Wildman–Crippen MR) is 131 cm³/mol. The van der Waals surface area contributed by atoms with Gasteiger partial charge in [-0.3, -0.25) is 10.1 Å². The molecule has 0 heterocycles. The van der Waals surface area contributed by atoms with E-state index in [1.54, 1.807) is 0 Å². The van der Waals surface area contributed by atoms with E-state index in [0.717, 1.165) is 22.3 Å². The van der Waals surface area contributed by atoms with E-state index in [4.69, 9.17) is 21.4 Å². The summed E-state index contributed by atoms with van der Waals surface area (Å²) < 4.78 is 5.51. The van der Waals surface area contributed by atoms with Crippen LogP contribution in [0, 0.1) is 0 Å². The summed E-state index contributed by atoms with van der Waals surface area (Å²) in [7, 11) is 0. The first-order valence-electron chi connectivity index (χ1n) is 11.0. The zero-order valence-electron chi connectivity index (χ0n) is 18.5. The third kappa shape index (κ3) is 5.45. The number of aliphatic carboxylic acids is 1. The SMILES string of the molecule is O=C(Nc1ccc(C(=O)NCC[C@H](O)C(=O)O)cc1Cl)OCC1c2ccccc2-c2ccccc21. The summed E-state index contributed by atoms with van der Waals surface area (Å²) in [5.41, 5.74) is 4.97. The van der Waals surface area contributed by atoms with E-state index in [2.05, 4.69) is 22.8 Å². The van der Waals surface area contributed by atoms with Crippen molar-refractivity contribution >= 4 is 35.3 Å². The molecule has 0 saturated heterocycles. The summed E-state index contributed by atoms with van der Waals surface area (Å²) in [6, 6.07) is 20.4. The number of carboxylic acid groups (broad SMARTS) is 1. The number of benzene rings is 3. The molecule has 0 bridgehead atoms. The number of carbonyl (C=O) groups excluding carboxylic acids is 2. The Labute approximate surface area is 206 Å². The van der Waals surface area contributed by atoms with Crippen molar-refractivity contribution in [3.05, 3.63) is 88.4 Å². The number of rotatable bonds is 8. The van der Waals surface area contributed by atoms with E-state index in [1.165, 1.54) is 18.2 Å². The average molecular weight is 495 g/mol. The molecule has 3 aromatic carbocycles. The molecule has 2 amide bonds. The fourth-order valence-electron chi connectivity index (χ4n) is 4.05. The predicted octanol–water partition coefficient (Wildman–Crippen LogP) is 4.27. The molecule has 0 unspecified atom stereocenters. The van der Waals surface area contributed by atoms with Crippen molar-refractivity contribution in [2.75, 3.05) is 18.5 Å². The van der Waals surface area contributed by atoms with E-state index in [9.17, 15) is 19.5 Å². The molecular formula is C26H23ClN2O6. The van der Waals surface area contributed by atoms with E-state index in [1.807, 2.05) is 36.4 Å². The first kappa shape index (κ1) is 24.3. The standard InChI is InChI=1S/C26H23ClN2O6/c27-21-13-15(24(31)28-12-11-23(30)25(32)33)9-10-22(21)29-26(34)35-14-20-18-7-3-1-5-16(18)17-6-2-4-8-19(17)20/h1-10,13,20,23,30H,11-12,14H2,(H,28,31)(H,29,34)(H,32,33)/t23-/m0/s1. The van der Waals surface area contributed by atoms with Gasteiger partial charge in [0.1, 0.15) is 6.61 Å². The van der Waals surface area contributed by atoms with Crippen molar-refractivity contribution in [3.8, 4) is 11.1 Å². The summed E-state index contributed by atoms with van der Waals surface area (Å²) in [5.74, 6) is -1.92. The van der Waals surface area contributed by atoms with Crippen LogP contribution in [-0.2, 0) is 9.53 Å². The number of nitrogens with one attached hydrogen (secondary N) is 2. The van der Waals surface area contributed by atoms with Gasteiger partial charge in [0.05, 0.1) is 10.7 Å². The van der Waals surface area contributed by atoms with Gasteiger partial charge in [-0.15, -0.1) is 0 Å². The van der Waals surface area contributed by atoms with Crippen molar-refractivity contribution in [3.63, 3.8) is 0 Å². The second-order valence-electron chi connectivity index (χ2n) is 8.04. The Bertz CT molecular complexity index is 1230. The highest BCUT2D eigenvalue weighted by atomic mass is 35.5. The smallest absolute Gasteiger partial charge is 0.411 e. The molecule has 0 fully saturated rings. The minimum Gasteiger partial charge on any atom is -0.479 e. The van der Waals surface area contributed by atoms with E-state index in [-0.39, 0.29) is 41.8 Å². The molecule has 1 aliphatic carbocycles. The number of fused-ring (bicyclic) bond motifs is 3. The van der Waals surface area contributed by atoms with Gasteiger partial charge in [-0.05, 0) is 40.5 Å². The van der Waals surface area contributed by atoms with E-state index < -0.39 is 24.1 Å². The van der Waals surface area contributed by atoms with Gasteiger partial charge in [0.15, 0.2) is 6.10 Å². The highest BCUT2D eigenvalue weighted by molar-refractivity contribution is 6.34. The van der Waals surface area contributed by atoms with Crippen LogP contribution >= 0.6 is 11.6 Å². The van der Waals surface area contributed by atoms with E-state index in [0.29, 0.717) is 0 Å². The highest BCUT2D eigenvalue weighted by Crippen LogP contribution is 2.44. The number of ether oxygens (including phenoxy) is 1. The van der Waals surface area contributed by atoms with E-state index >= 15 is 0 Å². The van der Waals surface area contributed by atoms with Crippen LogP contribution in [-0.4, -0.2) is 47.4 Å². The zero-order chi connectivity index (χ0) is 24.9. The summed E-state index contributed by atoms with van der Waals surface area (Å²) in [6.07, 6.45) is -2.35. The summed E-state index contributed by atoms with van der Waals surface area (Å²) in [4.78, 5) is 35.3. The molecule has 0 spiro atoms. The summed E-state index contributed by atoms with van der Waals surface area (Å²) in [6.45, 7) is 0.129. The Balaban J connectivity index is 1.34. The molecule has 1 atom stereocenters. The number of hydrogen-bond acceptors (Lipinski definition) is 5. The maximum atomic E-state index is 12.5. The maximum absolute atomic E-state index is 12.5. The van der Waals surface area contributed by atoms with Gasteiger partial charge >= 0.3 is 12.1 Å². The fourth-order valence-corrected chi connectivity index (χ4v) is 4.28. The number of aliphatic hydroxyl groups excluding tert-OH is 1. The monoisotopic (exact) mass is 494 g/mol. The van der Waals surface area contributed by atoms with Gasteiger partial charge in [-0.2, -0.15) is 0 Å². The van der Waals surface area contributed by atoms with Gasteiger partial charge < -0.3 is 20.3 Å². The second kappa shape index (κ2) is 10.6. The lowest BCUT2D eigenvalue weighted by Gasteiger charge is -2.15. The summed E-state index contributed by atoms with van der Waals surface area (Å²) >= 11 is 6.24. The number of carboxylic acids is 1. The van der Waals surface area contributed by atoms with Crippen LogP contribution in [0.5, 0.6) is 0 Å². The molecule has 3 aromatic rings. The quantitative estimate of drug-likeness (QED) is 0.370. The normalized spacial score (nSPS) is 12.9. The number of hydrogen-bond donors (Lipinski definition) is 4. The Morgan fingerprint density at radius 2 is 1.60 bits per heavy atom. The van der Waals surface area contributed by atoms with Gasteiger partial charge in [0.2, 0.25) is 0 Å². The molecule has 35 heavy (non-hydrogen) atoms. The molecule has 0 aliphatic heterocycles. The molecule has 1 aliphatic rings. The number of carbonyl (C=O) groups is 3. The van der Waals surface area contributed by atoms with Crippen molar-refractivity contribution in [1.29, 1.82) is 0 Å². The Morgan fingerprint density at radius 1 is 0.971 bits per heavy atom. The van der Waals surface area contributed by atoms with Crippen LogP contribution in [0.1, 0.15) is 33.8 Å². The molecule has 0 radical (unpaired) electrons. The fraction of sp³-hybridized carbons (Fsp3) is 0.192. The van der Waals surface area contributed by atoms with Gasteiger partial charge in [0, 0.05) is 24.4 Å². The lowest BCUT2D eigenvalue weighted by molar-refractivity contribution is -0.146. The first-order chi connectivity index (χ1) is 16.8. The maximum Gasteiger partial charge on any atom is 0.411 e. The van der Waals surface area contributed by atoms with Crippen LogP contribution in [0.3, 0.4) is 0 Å². The van der Waals surface area contributed by atoms with Gasteiger partial charge in [0.25, 0.3) is 5.91 Å². The molecule has 180 valence electrons. The average Bonchev–Trinajstić information content (AvgIpc) is 3.17.